The number of rotatable bonds is 9. The first-order chi connectivity index (χ1) is 9.99. The van der Waals surface area contributed by atoms with E-state index in [0.717, 1.165) is 5.57 Å². The fourth-order valence-electron chi connectivity index (χ4n) is 1.51. The van der Waals surface area contributed by atoms with E-state index in [2.05, 4.69) is 27.2 Å². The van der Waals surface area contributed by atoms with Gasteiger partial charge in [0, 0.05) is 24.9 Å². The number of aromatic nitrogens is 2. The van der Waals surface area contributed by atoms with E-state index < -0.39 is 18.0 Å². The Labute approximate surface area is 122 Å². The molecule has 0 saturated carbocycles. The van der Waals surface area contributed by atoms with Gasteiger partial charge in [0.15, 0.2) is 0 Å². The molecule has 0 saturated heterocycles. The normalized spacial score (nSPS) is 11.7. The van der Waals surface area contributed by atoms with Gasteiger partial charge in [0.1, 0.15) is 6.04 Å². The van der Waals surface area contributed by atoms with Crippen LogP contribution in [-0.4, -0.2) is 52.9 Å². The molecule has 1 heterocycles. The maximum atomic E-state index is 11.6. The summed E-state index contributed by atoms with van der Waals surface area (Å²) in [6, 6.07) is -1.58. The summed E-state index contributed by atoms with van der Waals surface area (Å²) in [4.78, 5) is 29.3. The van der Waals surface area contributed by atoms with Gasteiger partial charge >= 0.3 is 12.0 Å². The highest BCUT2D eigenvalue weighted by atomic mass is 16.5. The molecular formula is C13H20N4O4. The fourth-order valence-corrected chi connectivity index (χ4v) is 1.51. The molecule has 0 unspecified atom stereocenters. The number of nitrogens with zero attached hydrogens (tertiary/aromatic N) is 1. The van der Waals surface area contributed by atoms with Crippen LogP contribution in [0.4, 0.5) is 4.79 Å². The highest BCUT2D eigenvalue weighted by Crippen LogP contribution is 1.98. The highest BCUT2D eigenvalue weighted by molar-refractivity contribution is 5.82. The van der Waals surface area contributed by atoms with Gasteiger partial charge in [0.2, 0.25) is 0 Å². The Hall–Kier alpha value is -2.35. The van der Waals surface area contributed by atoms with Crippen molar-refractivity contribution < 1.29 is 19.4 Å². The summed E-state index contributed by atoms with van der Waals surface area (Å²) in [6.45, 7) is 6.57. The quantitative estimate of drug-likeness (QED) is 0.386. The molecule has 8 heteroatoms. The molecule has 4 N–H and O–H groups in total. The molecule has 0 radical (unpaired) electrons. The van der Waals surface area contributed by atoms with Crippen molar-refractivity contribution in [3.63, 3.8) is 0 Å². The molecule has 0 aliphatic rings. The molecule has 21 heavy (non-hydrogen) atoms. The lowest BCUT2D eigenvalue weighted by atomic mass is 10.2. The Morgan fingerprint density at radius 3 is 2.90 bits per heavy atom. The zero-order chi connectivity index (χ0) is 15.7. The molecule has 0 aliphatic heterocycles. The summed E-state index contributed by atoms with van der Waals surface area (Å²) in [5, 5.41) is 14.0. The fraction of sp³-hybridized carbons (Fsp3) is 0.462. The number of H-pyrrole nitrogens is 1. The SMILES string of the molecule is C=C(C)COCCNC(=O)N[C@@H](Cc1cnc[nH]1)C(=O)O. The molecule has 2 amide bonds. The number of hydrogen-bond donors (Lipinski definition) is 4. The number of carboxylic acid groups (broad SMARTS) is 1. The first kappa shape index (κ1) is 16.7. The van der Waals surface area contributed by atoms with E-state index in [1.165, 1.54) is 12.5 Å². The molecule has 8 nitrogen and oxygen atoms in total. The number of carboxylic acids is 1. The van der Waals surface area contributed by atoms with Crippen LogP contribution >= 0.6 is 0 Å². The van der Waals surface area contributed by atoms with Crippen molar-refractivity contribution in [2.45, 2.75) is 19.4 Å². The third-order valence-corrected chi connectivity index (χ3v) is 2.46. The van der Waals surface area contributed by atoms with E-state index in [1.807, 2.05) is 6.92 Å². The van der Waals surface area contributed by atoms with Crippen LogP contribution in [0.2, 0.25) is 0 Å². The molecule has 0 fully saturated rings. The number of nitrogens with one attached hydrogen (secondary N) is 3. The van der Waals surface area contributed by atoms with Crippen LogP contribution in [0.25, 0.3) is 0 Å². The van der Waals surface area contributed by atoms with Crippen molar-refractivity contribution in [2.75, 3.05) is 19.8 Å². The van der Waals surface area contributed by atoms with Gasteiger partial charge in [-0.05, 0) is 6.92 Å². The van der Waals surface area contributed by atoms with E-state index in [-0.39, 0.29) is 13.0 Å². The van der Waals surface area contributed by atoms with Gasteiger partial charge in [-0.25, -0.2) is 14.6 Å². The van der Waals surface area contributed by atoms with E-state index in [1.54, 1.807) is 0 Å². The zero-order valence-corrected chi connectivity index (χ0v) is 11.9. The van der Waals surface area contributed by atoms with Gasteiger partial charge in [0.05, 0.1) is 19.5 Å². The van der Waals surface area contributed by atoms with E-state index >= 15 is 0 Å². The van der Waals surface area contributed by atoms with Crippen molar-refractivity contribution in [2.24, 2.45) is 0 Å². The number of aliphatic carboxylic acids is 1. The Bertz CT molecular complexity index is 473. The van der Waals surface area contributed by atoms with Crippen molar-refractivity contribution in [3.05, 3.63) is 30.4 Å². The molecule has 1 aromatic heterocycles. The lowest BCUT2D eigenvalue weighted by molar-refractivity contribution is -0.139. The van der Waals surface area contributed by atoms with Gasteiger partial charge in [-0.3, -0.25) is 0 Å². The van der Waals surface area contributed by atoms with Gasteiger partial charge in [-0.1, -0.05) is 12.2 Å². The van der Waals surface area contributed by atoms with Gasteiger partial charge < -0.3 is 25.5 Å². The standard InChI is InChI=1S/C13H20N4O4/c1-9(2)7-21-4-3-15-13(20)17-11(12(18)19)5-10-6-14-8-16-10/h6,8,11H,1,3-5,7H2,2H3,(H,14,16)(H,18,19)(H2,15,17,20)/t11-/m0/s1. The number of aromatic amines is 1. The van der Waals surface area contributed by atoms with Crippen LogP contribution in [0, 0.1) is 0 Å². The van der Waals surface area contributed by atoms with E-state index in [9.17, 15) is 9.59 Å². The topological polar surface area (TPSA) is 116 Å². The number of carbonyl (C=O) groups is 2. The lowest BCUT2D eigenvalue weighted by Gasteiger charge is -2.14. The third-order valence-electron chi connectivity index (χ3n) is 2.46. The largest absolute Gasteiger partial charge is 0.480 e. The van der Waals surface area contributed by atoms with E-state index in [4.69, 9.17) is 9.84 Å². The Morgan fingerprint density at radius 2 is 2.33 bits per heavy atom. The molecule has 1 aromatic rings. The lowest BCUT2D eigenvalue weighted by Crippen LogP contribution is -2.47. The number of carbonyl (C=O) groups excluding carboxylic acids is 1. The predicted octanol–water partition coefficient (Wildman–Crippen LogP) is 0.297. The van der Waals surface area contributed by atoms with Crippen LogP contribution < -0.4 is 10.6 Å². The maximum Gasteiger partial charge on any atom is 0.326 e. The minimum Gasteiger partial charge on any atom is -0.480 e. The molecule has 0 aliphatic carbocycles. The summed E-state index contributed by atoms with van der Waals surface area (Å²) >= 11 is 0. The first-order valence-electron chi connectivity index (χ1n) is 6.45. The molecule has 0 bridgehead atoms. The predicted molar refractivity (Wildman–Crippen MR) is 75.9 cm³/mol. The van der Waals surface area contributed by atoms with Crippen LogP contribution in [0.3, 0.4) is 0 Å². The van der Waals surface area contributed by atoms with E-state index in [0.29, 0.717) is 18.9 Å². The summed E-state index contributed by atoms with van der Waals surface area (Å²) in [7, 11) is 0. The van der Waals surface area contributed by atoms with Crippen molar-refractivity contribution in [1.82, 2.24) is 20.6 Å². The minimum absolute atomic E-state index is 0.134. The third kappa shape index (κ3) is 7.11. The second kappa shape index (κ2) is 8.75. The number of urea groups is 1. The Balaban J connectivity index is 2.29. The van der Waals surface area contributed by atoms with Crippen molar-refractivity contribution in [3.8, 4) is 0 Å². The van der Waals surface area contributed by atoms with Gasteiger partial charge in [-0.2, -0.15) is 0 Å². The summed E-state index contributed by atoms with van der Waals surface area (Å²) in [5.74, 6) is -1.11. The average molecular weight is 296 g/mol. The first-order valence-corrected chi connectivity index (χ1v) is 6.45. The molecule has 116 valence electrons. The van der Waals surface area contributed by atoms with Crippen LogP contribution in [0.15, 0.2) is 24.7 Å². The van der Waals surface area contributed by atoms with Gasteiger partial charge in [0.25, 0.3) is 0 Å². The second-order valence-electron chi connectivity index (χ2n) is 4.58. The maximum absolute atomic E-state index is 11.6. The Morgan fingerprint density at radius 1 is 1.57 bits per heavy atom. The minimum atomic E-state index is -1.11. The van der Waals surface area contributed by atoms with Crippen molar-refractivity contribution in [1.29, 1.82) is 0 Å². The molecule has 0 aromatic carbocycles. The van der Waals surface area contributed by atoms with Gasteiger partial charge in [-0.15, -0.1) is 0 Å². The number of imidazole rings is 1. The summed E-state index contributed by atoms with van der Waals surface area (Å²) < 4.78 is 5.21. The Kier molecular flexibility index (Phi) is 6.96. The molecule has 1 rings (SSSR count). The van der Waals surface area contributed by atoms with Crippen LogP contribution in [0.5, 0.6) is 0 Å². The van der Waals surface area contributed by atoms with Crippen molar-refractivity contribution >= 4 is 12.0 Å². The summed E-state index contributed by atoms with van der Waals surface area (Å²) in [6.07, 6.45) is 3.10. The molecule has 1 atom stereocenters. The number of amides is 2. The molecular weight excluding hydrogens is 276 g/mol. The molecule has 0 spiro atoms. The van der Waals surface area contributed by atoms with Crippen LogP contribution in [0.1, 0.15) is 12.6 Å². The smallest absolute Gasteiger partial charge is 0.326 e. The number of ether oxygens (including phenoxy) is 1. The van der Waals surface area contributed by atoms with Crippen LogP contribution in [-0.2, 0) is 16.0 Å². The average Bonchev–Trinajstić information content (AvgIpc) is 2.90. The highest BCUT2D eigenvalue weighted by Gasteiger charge is 2.20. The monoisotopic (exact) mass is 296 g/mol. The number of hydrogen-bond acceptors (Lipinski definition) is 4. The summed E-state index contributed by atoms with van der Waals surface area (Å²) in [5.41, 5.74) is 1.53. The second-order valence-corrected chi connectivity index (χ2v) is 4.58. The zero-order valence-electron chi connectivity index (χ0n) is 11.9.